The monoisotopic (exact) mass is 370 g/mol. The second kappa shape index (κ2) is 6.35. The summed E-state index contributed by atoms with van der Waals surface area (Å²) in [6.07, 6.45) is 2.91. The number of para-hydroxylation sites is 1. The van der Waals surface area contributed by atoms with E-state index in [4.69, 9.17) is 13.6 Å². The van der Waals surface area contributed by atoms with Gasteiger partial charge < -0.3 is 13.6 Å². The van der Waals surface area contributed by atoms with Crippen LogP contribution < -0.4 is 10.2 Å². The second-order valence-electron chi connectivity index (χ2n) is 6.36. The molecule has 2 aromatic carbocycles. The number of ether oxygens (including phenoxy) is 1. The molecular weight excluding hydrogens is 356 g/mol. The van der Waals surface area contributed by atoms with E-state index in [0.29, 0.717) is 27.6 Å². The molecule has 0 aliphatic heterocycles. The zero-order valence-electron chi connectivity index (χ0n) is 14.9. The predicted octanol–water partition coefficient (Wildman–Crippen LogP) is 5.10. The fourth-order valence-electron chi connectivity index (χ4n) is 3.11. The summed E-state index contributed by atoms with van der Waals surface area (Å²) in [5, 5.41) is 1.13. The third kappa shape index (κ3) is 2.63. The summed E-state index contributed by atoms with van der Waals surface area (Å²) in [6.45, 7) is 1.91. The first kappa shape index (κ1) is 16.3. The van der Waals surface area contributed by atoms with Crippen molar-refractivity contribution in [3.8, 4) is 23.1 Å². The van der Waals surface area contributed by atoms with Gasteiger partial charge in [0.15, 0.2) is 5.76 Å². The SMILES string of the molecule is Cc1ccc2oc(-c3ccco3)c(Oc3ncnc4ccccc34)c(=O)c2c1. The van der Waals surface area contributed by atoms with Crippen LogP contribution >= 0.6 is 0 Å². The van der Waals surface area contributed by atoms with Gasteiger partial charge in [0.1, 0.15) is 11.9 Å². The molecule has 0 bridgehead atoms. The second-order valence-corrected chi connectivity index (χ2v) is 6.36. The number of nitrogens with zero attached hydrogens (tertiary/aromatic N) is 2. The minimum Gasteiger partial charge on any atom is -0.461 e. The minimum atomic E-state index is -0.293. The van der Waals surface area contributed by atoms with Crippen LogP contribution in [-0.4, -0.2) is 9.97 Å². The Morgan fingerprint density at radius 2 is 1.86 bits per heavy atom. The van der Waals surface area contributed by atoms with E-state index in [1.54, 1.807) is 24.3 Å². The van der Waals surface area contributed by atoms with Crippen molar-refractivity contribution in [2.24, 2.45) is 0 Å². The molecule has 6 heteroatoms. The average Bonchev–Trinajstić information content (AvgIpc) is 3.25. The smallest absolute Gasteiger partial charge is 0.236 e. The number of benzene rings is 2. The highest BCUT2D eigenvalue weighted by atomic mass is 16.5. The zero-order valence-corrected chi connectivity index (χ0v) is 14.9. The lowest BCUT2D eigenvalue weighted by atomic mass is 10.1. The van der Waals surface area contributed by atoms with E-state index in [1.165, 1.54) is 12.6 Å². The lowest BCUT2D eigenvalue weighted by Crippen LogP contribution is -2.08. The van der Waals surface area contributed by atoms with Crippen LogP contribution in [0.4, 0.5) is 0 Å². The number of aryl methyl sites for hydroxylation is 1. The van der Waals surface area contributed by atoms with Gasteiger partial charge in [-0.2, -0.15) is 0 Å². The summed E-state index contributed by atoms with van der Waals surface area (Å²) in [5.74, 6) is 0.914. The zero-order chi connectivity index (χ0) is 19.1. The van der Waals surface area contributed by atoms with Crippen molar-refractivity contribution < 1.29 is 13.6 Å². The van der Waals surface area contributed by atoms with Gasteiger partial charge in [0.05, 0.1) is 22.6 Å². The Bertz CT molecular complexity index is 1370. The van der Waals surface area contributed by atoms with E-state index in [2.05, 4.69) is 9.97 Å². The molecule has 5 aromatic rings. The lowest BCUT2D eigenvalue weighted by molar-refractivity contribution is 0.438. The molecule has 0 N–H and O–H groups in total. The van der Waals surface area contributed by atoms with E-state index in [1.807, 2.05) is 37.3 Å². The van der Waals surface area contributed by atoms with E-state index in [9.17, 15) is 4.79 Å². The fourth-order valence-corrected chi connectivity index (χ4v) is 3.11. The summed E-state index contributed by atoms with van der Waals surface area (Å²) in [5.41, 5.74) is 1.83. The van der Waals surface area contributed by atoms with Crippen LogP contribution in [0.1, 0.15) is 5.56 Å². The van der Waals surface area contributed by atoms with Crippen molar-refractivity contribution in [1.82, 2.24) is 9.97 Å². The van der Waals surface area contributed by atoms with Gasteiger partial charge in [-0.05, 0) is 43.3 Å². The molecule has 6 nitrogen and oxygen atoms in total. The van der Waals surface area contributed by atoms with Gasteiger partial charge >= 0.3 is 0 Å². The summed E-state index contributed by atoms with van der Waals surface area (Å²) >= 11 is 0. The minimum absolute atomic E-state index is 0.0249. The molecular formula is C22H14N2O4. The van der Waals surface area contributed by atoms with Gasteiger partial charge in [-0.1, -0.05) is 23.8 Å². The Kier molecular flexibility index (Phi) is 3.69. The van der Waals surface area contributed by atoms with Crippen molar-refractivity contribution >= 4 is 21.9 Å². The molecule has 0 atom stereocenters. The molecule has 136 valence electrons. The highest BCUT2D eigenvalue weighted by Gasteiger charge is 2.21. The predicted molar refractivity (Wildman–Crippen MR) is 105 cm³/mol. The lowest BCUT2D eigenvalue weighted by Gasteiger charge is -2.11. The summed E-state index contributed by atoms with van der Waals surface area (Å²) in [4.78, 5) is 21.7. The standard InChI is InChI=1S/C22H14N2O4/c1-13-8-9-17-15(11-13)19(25)21(20(27-17)18-7-4-10-26-18)28-22-14-5-2-3-6-16(14)23-12-24-22/h2-12H,1H3. The highest BCUT2D eigenvalue weighted by Crippen LogP contribution is 2.35. The molecule has 0 radical (unpaired) electrons. The maximum Gasteiger partial charge on any atom is 0.236 e. The topological polar surface area (TPSA) is 78.4 Å². The molecule has 0 amide bonds. The molecule has 28 heavy (non-hydrogen) atoms. The normalized spacial score (nSPS) is 11.2. The van der Waals surface area contributed by atoms with E-state index in [0.717, 1.165) is 5.56 Å². The molecule has 0 saturated heterocycles. The summed E-state index contributed by atoms with van der Waals surface area (Å²) in [7, 11) is 0. The van der Waals surface area contributed by atoms with Crippen molar-refractivity contribution in [3.63, 3.8) is 0 Å². The molecule has 3 aromatic heterocycles. The number of rotatable bonds is 3. The van der Waals surface area contributed by atoms with Crippen LogP contribution in [0.15, 0.2) is 80.8 Å². The maximum absolute atomic E-state index is 13.3. The molecule has 5 rings (SSSR count). The molecule has 3 heterocycles. The number of fused-ring (bicyclic) bond motifs is 2. The number of hydrogen-bond acceptors (Lipinski definition) is 6. The largest absolute Gasteiger partial charge is 0.461 e. The third-order valence-corrected chi connectivity index (χ3v) is 4.45. The van der Waals surface area contributed by atoms with Crippen LogP contribution in [0.2, 0.25) is 0 Å². The average molecular weight is 370 g/mol. The van der Waals surface area contributed by atoms with E-state index >= 15 is 0 Å². The molecule has 0 saturated carbocycles. The fraction of sp³-hybridized carbons (Fsp3) is 0.0455. The quantitative estimate of drug-likeness (QED) is 0.440. The molecule has 0 spiro atoms. The first-order chi connectivity index (χ1) is 13.7. The van der Waals surface area contributed by atoms with E-state index < -0.39 is 0 Å². The van der Waals surface area contributed by atoms with Crippen LogP contribution in [0.3, 0.4) is 0 Å². The van der Waals surface area contributed by atoms with Crippen molar-refractivity contribution in [3.05, 3.63) is 83.0 Å². The number of furan rings is 1. The Balaban J connectivity index is 1.78. The number of aromatic nitrogens is 2. The van der Waals surface area contributed by atoms with Crippen molar-refractivity contribution in [1.29, 1.82) is 0 Å². The Hall–Kier alpha value is -3.93. The molecule has 0 aliphatic carbocycles. The van der Waals surface area contributed by atoms with Crippen molar-refractivity contribution in [2.75, 3.05) is 0 Å². The van der Waals surface area contributed by atoms with Gasteiger partial charge in [0.2, 0.25) is 22.8 Å². The van der Waals surface area contributed by atoms with Gasteiger partial charge in [0, 0.05) is 0 Å². The summed E-state index contributed by atoms with van der Waals surface area (Å²) in [6, 6.07) is 16.3. The van der Waals surface area contributed by atoms with E-state index in [-0.39, 0.29) is 22.8 Å². The van der Waals surface area contributed by atoms with Gasteiger partial charge in [-0.3, -0.25) is 4.79 Å². The van der Waals surface area contributed by atoms with Crippen molar-refractivity contribution in [2.45, 2.75) is 6.92 Å². The Morgan fingerprint density at radius 1 is 0.964 bits per heavy atom. The third-order valence-electron chi connectivity index (χ3n) is 4.45. The maximum atomic E-state index is 13.3. The van der Waals surface area contributed by atoms with Gasteiger partial charge in [-0.25, -0.2) is 9.97 Å². The number of hydrogen-bond donors (Lipinski definition) is 0. The van der Waals surface area contributed by atoms with Gasteiger partial charge in [0.25, 0.3) is 0 Å². The highest BCUT2D eigenvalue weighted by molar-refractivity contribution is 5.85. The van der Waals surface area contributed by atoms with Crippen LogP contribution in [0, 0.1) is 6.92 Å². The van der Waals surface area contributed by atoms with Crippen LogP contribution in [-0.2, 0) is 0 Å². The van der Waals surface area contributed by atoms with Crippen LogP contribution in [0.5, 0.6) is 11.6 Å². The first-order valence-corrected chi connectivity index (χ1v) is 8.69. The Morgan fingerprint density at radius 3 is 2.71 bits per heavy atom. The van der Waals surface area contributed by atoms with Crippen LogP contribution in [0.25, 0.3) is 33.4 Å². The Labute approximate surface area is 159 Å². The summed E-state index contributed by atoms with van der Waals surface area (Å²) < 4.78 is 17.5. The molecule has 0 fully saturated rings. The first-order valence-electron chi connectivity index (χ1n) is 8.69. The van der Waals surface area contributed by atoms with Gasteiger partial charge in [-0.15, -0.1) is 0 Å². The molecule has 0 unspecified atom stereocenters. The molecule has 0 aliphatic rings.